The third-order valence-corrected chi connectivity index (χ3v) is 6.98. The van der Waals surface area contributed by atoms with Crippen LogP contribution in [0.2, 0.25) is 5.02 Å². The van der Waals surface area contributed by atoms with Crippen molar-refractivity contribution in [3.63, 3.8) is 0 Å². The fourth-order valence-corrected chi connectivity index (χ4v) is 4.74. The number of ether oxygens (including phenoxy) is 3. The Bertz CT molecular complexity index is 1280. The number of hydrazine groups is 2. The van der Waals surface area contributed by atoms with Gasteiger partial charge in [-0.25, -0.2) is 0 Å². The minimum absolute atomic E-state index is 0.0688. The van der Waals surface area contributed by atoms with Gasteiger partial charge in [0.1, 0.15) is 23.9 Å². The number of nitrogens with one attached hydrogen (secondary N) is 3. The summed E-state index contributed by atoms with van der Waals surface area (Å²) in [6.07, 6.45) is 4.71. The minimum Gasteiger partial charge on any atom is -0.496 e. The Balaban J connectivity index is 1.44. The quantitative estimate of drug-likeness (QED) is 0.211. The summed E-state index contributed by atoms with van der Waals surface area (Å²) in [7, 11) is 1.62. The Kier molecular flexibility index (Phi) is 10.3. The number of aliphatic hydroxyl groups is 1. The molecule has 3 aromatic carbocycles. The van der Waals surface area contributed by atoms with Crippen molar-refractivity contribution in [3.05, 3.63) is 88.2 Å². The highest BCUT2D eigenvalue weighted by Crippen LogP contribution is 2.36. The van der Waals surface area contributed by atoms with E-state index in [9.17, 15) is 0 Å². The molecule has 9 heteroatoms. The highest BCUT2D eigenvalue weighted by molar-refractivity contribution is 6.32. The lowest BCUT2D eigenvalue weighted by atomic mass is 9.93. The maximum atomic E-state index is 9.02. The molecule has 0 saturated carbocycles. The van der Waals surface area contributed by atoms with E-state index in [0.29, 0.717) is 42.8 Å². The van der Waals surface area contributed by atoms with E-state index in [1.54, 1.807) is 7.11 Å². The van der Waals surface area contributed by atoms with E-state index in [1.165, 1.54) is 0 Å². The van der Waals surface area contributed by atoms with Crippen LogP contribution in [0, 0.1) is 13.8 Å². The summed E-state index contributed by atoms with van der Waals surface area (Å²) in [5, 5.41) is 14.7. The lowest BCUT2D eigenvalue weighted by Crippen LogP contribution is -2.36. The zero-order valence-corrected chi connectivity index (χ0v) is 23.5. The summed E-state index contributed by atoms with van der Waals surface area (Å²) >= 11 is 6.55. The normalized spacial score (nSPS) is 12.5. The molecule has 208 valence electrons. The van der Waals surface area contributed by atoms with E-state index in [0.717, 1.165) is 52.1 Å². The van der Waals surface area contributed by atoms with Crippen molar-refractivity contribution in [2.24, 2.45) is 0 Å². The van der Waals surface area contributed by atoms with Crippen LogP contribution in [-0.2, 0) is 13.2 Å². The number of aliphatic hydroxyl groups excluding tert-OH is 1. The highest BCUT2D eigenvalue weighted by atomic mass is 35.5. The molecule has 0 aliphatic carbocycles. The van der Waals surface area contributed by atoms with Gasteiger partial charge in [-0.2, -0.15) is 0 Å². The summed E-state index contributed by atoms with van der Waals surface area (Å²) in [6.45, 7) is 7.17. The molecular formula is C30H37ClN4O4. The molecule has 0 unspecified atom stereocenters. The van der Waals surface area contributed by atoms with Gasteiger partial charge in [-0.3, -0.25) is 5.01 Å². The van der Waals surface area contributed by atoms with Crippen molar-refractivity contribution < 1.29 is 19.3 Å². The highest BCUT2D eigenvalue weighted by Gasteiger charge is 2.14. The molecule has 0 saturated heterocycles. The standard InChI is InChI=1S/C30H37ClN4O4/c1-21-23(20-39-30-18-29(37-3)24(17-27(30)31)19-32-12-15-36)7-4-8-25(21)26-9-5-10-28(22(26)2)38-16-6-13-35-14-11-33-34-35/h4-5,7-11,14,17-18,32-34,36H,6,12-13,15-16,19-20H2,1-3H3. The molecule has 39 heavy (non-hydrogen) atoms. The lowest BCUT2D eigenvalue weighted by molar-refractivity contribution is 0.233. The molecule has 3 aromatic rings. The Morgan fingerprint density at radius 1 is 0.949 bits per heavy atom. The minimum atomic E-state index is 0.0688. The predicted molar refractivity (Wildman–Crippen MR) is 155 cm³/mol. The smallest absolute Gasteiger partial charge is 0.142 e. The fourth-order valence-electron chi connectivity index (χ4n) is 4.50. The largest absolute Gasteiger partial charge is 0.496 e. The number of nitrogens with zero attached hydrogens (tertiary/aromatic N) is 1. The van der Waals surface area contributed by atoms with Crippen molar-refractivity contribution in [1.82, 2.24) is 21.3 Å². The molecule has 1 heterocycles. The number of hydrogen-bond acceptors (Lipinski definition) is 8. The molecule has 4 rings (SSSR count). The lowest BCUT2D eigenvalue weighted by Gasteiger charge is -2.18. The maximum Gasteiger partial charge on any atom is 0.142 e. The van der Waals surface area contributed by atoms with Crippen LogP contribution in [-0.4, -0.2) is 43.5 Å². The second kappa shape index (κ2) is 14.1. The summed E-state index contributed by atoms with van der Waals surface area (Å²) in [6, 6.07) is 16.1. The first-order valence-electron chi connectivity index (χ1n) is 13.1. The average Bonchev–Trinajstić information content (AvgIpc) is 3.46. The third-order valence-electron chi connectivity index (χ3n) is 6.69. The van der Waals surface area contributed by atoms with Gasteiger partial charge in [0.15, 0.2) is 0 Å². The molecule has 4 N–H and O–H groups in total. The Morgan fingerprint density at radius 2 is 1.74 bits per heavy atom. The predicted octanol–water partition coefficient (Wildman–Crippen LogP) is 4.86. The van der Waals surface area contributed by atoms with Crippen molar-refractivity contribution in [2.75, 3.05) is 33.4 Å². The first-order valence-corrected chi connectivity index (χ1v) is 13.5. The molecule has 1 aliphatic heterocycles. The van der Waals surface area contributed by atoms with Gasteiger partial charge in [0.2, 0.25) is 0 Å². The van der Waals surface area contributed by atoms with E-state index in [2.05, 4.69) is 54.4 Å². The van der Waals surface area contributed by atoms with E-state index in [1.807, 2.05) is 41.7 Å². The number of hydrogen-bond donors (Lipinski definition) is 4. The maximum absolute atomic E-state index is 9.02. The van der Waals surface area contributed by atoms with Gasteiger partial charge in [0, 0.05) is 50.1 Å². The molecule has 0 radical (unpaired) electrons. The first kappa shape index (κ1) is 28.6. The molecule has 0 atom stereocenters. The summed E-state index contributed by atoms with van der Waals surface area (Å²) in [4.78, 5) is 0. The summed E-state index contributed by atoms with van der Waals surface area (Å²) in [5.74, 6) is 2.14. The van der Waals surface area contributed by atoms with E-state index >= 15 is 0 Å². The van der Waals surface area contributed by atoms with Gasteiger partial charge >= 0.3 is 0 Å². The van der Waals surface area contributed by atoms with E-state index < -0.39 is 0 Å². The fraction of sp³-hybridized carbons (Fsp3) is 0.333. The number of methoxy groups -OCH3 is 1. The van der Waals surface area contributed by atoms with Gasteiger partial charge in [-0.05, 0) is 53.8 Å². The Labute approximate surface area is 235 Å². The first-order chi connectivity index (χ1) is 19.0. The van der Waals surface area contributed by atoms with Crippen molar-refractivity contribution >= 4 is 11.6 Å². The topological polar surface area (TPSA) is 87.2 Å². The van der Waals surface area contributed by atoms with Crippen LogP contribution in [0.4, 0.5) is 0 Å². The van der Waals surface area contributed by atoms with Gasteiger partial charge in [-0.1, -0.05) is 41.9 Å². The molecule has 1 aliphatic rings. The van der Waals surface area contributed by atoms with Crippen LogP contribution in [0.5, 0.6) is 17.2 Å². The molecule has 0 aromatic heterocycles. The number of rotatable bonds is 14. The van der Waals surface area contributed by atoms with E-state index in [4.69, 9.17) is 30.9 Å². The van der Waals surface area contributed by atoms with Gasteiger partial charge in [0.05, 0.1) is 25.3 Å². The average molecular weight is 553 g/mol. The van der Waals surface area contributed by atoms with Crippen LogP contribution in [0.25, 0.3) is 11.1 Å². The third kappa shape index (κ3) is 7.36. The zero-order chi connectivity index (χ0) is 27.6. The van der Waals surface area contributed by atoms with Crippen LogP contribution in [0.3, 0.4) is 0 Å². The van der Waals surface area contributed by atoms with Crippen LogP contribution < -0.4 is 30.5 Å². The molecule has 0 spiro atoms. The number of halogens is 1. The SMILES string of the molecule is COc1cc(OCc2cccc(-c3cccc(OCCCN4C=CNN4)c3C)c2C)c(Cl)cc1CNCCO. The molecule has 0 amide bonds. The van der Waals surface area contributed by atoms with Gasteiger partial charge < -0.3 is 30.1 Å². The second-order valence-electron chi connectivity index (χ2n) is 9.27. The van der Waals surface area contributed by atoms with Gasteiger partial charge in [-0.15, -0.1) is 5.53 Å². The number of benzene rings is 3. The Hall–Kier alpha value is -3.43. The monoisotopic (exact) mass is 552 g/mol. The zero-order valence-electron chi connectivity index (χ0n) is 22.7. The van der Waals surface area contributed by atoms with Crippen LogP contribution in [0.1, 0.15) is 28.7 Å². The van der Waals surface area contributed by atoms with E-state index in [-0.39, 0.29) is 6.61 Å². The summed E-state index contributed by atoms with van der Waals surface area (Å²) < 4.78 is 17.9. The van der Waals surface area contributed by atoms with Crippen LogP contribution in [0.15, 0.2) is 60.9 Å². The molecule has 8 nitrogen and oxygen atoms in total. The van der Waals surface area contributed by atoms with Crippen molar-refractivity contribution in [2.45, 2.75) is 33.4 Å². The van der Waals surface area contributed by atoms with Crippen LogP contribution >= 0.6 is 11.6 Å². The second-order valence-corrected chi connectivity index (χ2v) is 9.68. The van der Waals surface area contributed by atoms with Crippen molar-refractivity contribution in [3.8, 4) is 28.4 Å². The summed E-state index contributed by atoms with van der Waals surface area (Å²) in [5.41, 5.74) is 12.5. The molecular weight excluding hydrogens is 516 g/mol. The van der Waals surface area contributed by atoms with Crippen molar-refractivity contribution in [1.29, 1.82) is 0 Å². The molecule has 0 bridgehead atoms. The van der Waals surface area contributed by atoms with Gasteiger partial charge in [0.25, 0.3) is 0 Å². The molecule has 0 fully saturated rings. The Morgan fingerprint density at radius 3 is 2.49 bits per heavy atom.